The Hall–Kier alpha value is -2.15. The molecule has 0 bridgehead atoms. The van der Waals surface area contributed by atoms with Crippen molar-refractivity contribution < 1.29 is 83.3 Å². The standard InChI is InChI=1S/C44H81N3O17/c1-21(51)46-30-33(56)28(23(19-49)59-37(30)62-40(5,6)7)42(10,11)43(12,13)63-36-29(45)32(55)27(22(18-48)58-36)41(8,9)44(14,15)64-38-31(47-25(52)16-17-26(53)54)34(57)35(24(20-50)60-38)61-39(2,3)4/h22-24,27-38,48-50,55-57H,16-20,45H2,1-15H3,(H,46,51)(H,47,52)(H,53,54). The largest absolute Gasteiger partial charge is 0.481 e. The van der Waals surface area contributed by atoms with E-state index in [0.29, 0.717) is 0 Å². The van der Waals surface area contributed by atoms with E-state index in [1.807, 2.05) is 0 Å². The first kappa shape index (κ1) is 56.2. The lowest BCUT2D eigenvalue weighted by atomic mass is 9.61. The summed E-state index contributed by atoms with van der Waals surface area (Å²) < 4.78 is 44.3. The first-order valence-electron chi connectivity index (χ1n) is 22.2. The number of aliphatic carboxylic acids is 1. The number of hydrogen-bond donors (Lipinski definition) is 10. The van der Waals surface area contributed by atoms with E-state index in [2.05, 4.69) is 10.6 Å². The third kappa shape index (κ3) is 12.9. The van der Waals surface area contributed by atoms with Crippen molar-refractivity contribution in [3.63, 3.8) is 0 Å². The Labute approximate surface area is 378 Å². The SMILES string of the molecule is CC(=O)NC1C(OC(C)(C)C)OC(CO)C(C(C)(C)C(C)(C)OC2OC(CO)C(C(C)(C)C(C)(C)OC3OC(CO)C(OC(C)(C)C)C(O)C3NC(=O)CCC(=O)O)C(O)C2N)C1O. The summed E-state index contributed by atoms with van der Waals surface area (Å²) in [5, 5.41) is 82.3. The fraction of sp³-hybridized carbons (Fsp3) is 0.932. The van der Waals surface area contributed by atoms with Crippen LogP contribution in [0.4, 0.5) is 0 Å². The lowest BCUT2D eigenvalue weighted by Crippen LogP contribution is -2.70. The van der Waals surface area contributed by atoms with E-state index < -0.39 is 175 Å². The molecule has 0 spiro atoms. The Morgan fingerprint density at radius 3 is 1.41 bits per heavy atom. The highest BCUT2D eigenvalue weighted by atomic mass is 16.7. The normalized spacial score (nSPS) is 34.9. The zero-order valence-electron chi connectivity index (χ0n) is 40.5. The zero-order chi connectivity index (χ0) is 49.3. The molecular formula is C44H81N3O17. The van der Waals surface area contributed by atoms with Crippen LogP contribution in [0.5, 0.6) is 0 Å². The van der Waals surface area contributed by atoms with Gasteiger partial charge in [-0.05, 0) is 69.2 Å². The van der Waals surface area contributed by atoms with Crippen molar-refractivity contribution in [3.8, 4) is 0 Å². The summed E-state index contributed by atoms with van der Waals surface area (Å²) in [6.45, 7) is 24.1. The molecule has 15 atom stereocenters. The molecule has 3 rings (SSSR count). The number of hydrogen-bond acceptors (Lipinski definition) is 17. The average molecular weight is 924 g/mol. The van der Waals surface area contributed by atoms with Gasteiger partial charge in [-0.25, -0.2) is 0 Å². The summed E-state index contributed by atoms with van der Waals surface area (Å²) in [7, 11) is 0. The van der Waals surface area contributed by atoms with Gasteiger partial charge in [-0.2, -0.15) is 0 Å². The molecule has 0 aromatic carbocycles. The molecule has 0 saturated carbocycles. The number of rotatable bonds is 18. The van der Waals surface area contributed by atoms with E-state index >= 15 is 0 Å². The number of carbonyl (C=O) groups excluding carboxylic acids is 2. The van der Waals surface area contributed by atoms with E-state index in [1.165, 1.54) is 6.92 Å². The molecule has 0 aromatic heterocycles. The molecule has 3 fully saturated rings. The first-order valence-corrected chi connectivity index (χ1v) is 22.2. The van der Waals surface area contributed by atoms with Crippen LogP contribution in [0.2, 0.25) is 0 Å². The maximum Gasteiger partial charge on any atom is 0.303 e. The Kier molecular flexibility index (Phi) is 18.4. The third-order valence-corrected chi connectivity index (χ3v) is 13.6. The maximum atomic E-state index is 13.0. The number of carboxylic acids is 1. The van der Waals surface area contributed by atoms with Crippen LogP contribution in [-0.4, -0.2) is 175 Å². The predicted octanol–water partition coefficient (Wildman–Crippen LogP) is 0.276. The summed E-state index contributed by atoms with van der Waals surface area (Å²) in [5.41, 5.74) is 0.310. The number of amides is 2. The maximum absolute atomic E-state index is 13.0. The molecule has 20 heteroatoms. The summed E-state index contributed by atoms with van der Waals surface area (Å²) in [6.07, 6.45) is -13.3. The van der Waals surface area contributed by atoms with Gasteiger partial charge in [0.25, 0.3) is 0 Å². The molecule has 3 heterocycles. The minimum atomic E-state index is -1.50. The second-order valence-electron chi connectivity index (χ2n) is 21.6. The number of nitrogens with two attached hydrogens (primary N) is 1. The van der Waals surface area contributed by atoms with Crippen LogP contribution < -0.4 is 16.4 Å². The molecule has 0 aliphatic carbocycles. The lowest BCUT2D eigenvalue weighted by molar-refractivity contribution is -0.347. The van der Waals surface area contributed by atoms with Crippen molar-refractivity contribution in [1.82, 2.24) is 10.6 Å². The van der Waals surface area contributed by atoms with Crippen LogP contribution in [0.25, 0.3) is 0 Å². The van der Waals surface area contributed by atoms with Crippen LogP contribution in [0.1, 0.15) is 117 Å². The first-order chi connectivity index (χ1) is 29.1. The van der Waals surface area contributed by atoms with Gasteiger partial charge < -0.3 is 85.3 Å². The smallest absolute Gasteiger partial charge is 0.303 e. The Morgan fingerprint density at radius 2 is 0.969 bits per heavy atom. The van der Waals surface area contributed by atoms with Crippen LogP contribution in [0.15, 0.2) is 0 Å². The molecule has 374 valence electrons. The summed E-state index contributed by atoms with van der Waals surface area (Å²) in [6, 6.07) is -3.58. The number of carbonyl (C=O) groups is 3. The van der Waals surface area contributed by atoms with Crippen LogP contribution in [0.3, 0.4) is 0 Å². The average Bonchev–Trinajstić information content (AvgIpc) is 3.14. The summed E-state index contributed by atoms with van der Waals surface area (Å²) in [5.74, 6) is -4.18. The summed E-state index contributed by atoms with van der Waals surface area (Å²) >= 11 is 0. The molecule has 64 heavy (non-hydrogen) atoms. The van der Waals surface area contributed by atoms with Crippen molar-refractivity contribution in [2.75, 3.05) is 19.8 Å². The van der Waals surface area contributed by atoms with Crippen LogP contribution in [-0.2, 0) is 47.5 Å². The van der Waals surface area contributed by atoms with Gasteiger partial charge in [0.05, 0.1) is 79.1 Å². The van der Waals surface area contributed by atoms with E-state index in [4.69, 9.17) is 38.9 Å². The number of ether oxygens (including phenoxy) is 7. The monoisotopic (exact) mass is 924 g/mol. The van der Waals surface area contributed by atoms with Gasteiger partial charge in [-0.3, -0.25) is 14.4 Å². The lowest BCUT2D eigenvalue weighted by Gasteiger charge is -2.58. The highest BCUT2D eigenvalue weighted by molar-refractivity contribution is 5.80. The van der Waals surface area contributed by atoms with Gasteiger partial charge in [0.2, 0.25) is 11.8 Å². The van der Waals surface area contributed by atoms with Crippen molar-refractivity contribution in [2.24, 2.45) is 28.4 Å². The van der Waals surface area contributed by atoms with E-state index in [0.717, 1.165) is 0 Å². The Morgan fingerprint density at radius 1 is 0.562 bits per heavy atom. The zero-order valence-corrected chi connectivity index (χ0v) is 40.5. The topological polar surface area (TPSA) is 308 Å². The Balaban J connectivity index is 1.94. The minimum Gasteiger partial charge on any atom is -0.481 e. The van der Waals surface area contributed by atoms with E-state index in [-0.39, 0.29) is 0 Å². The highest BCUT2D eigenvalue weighted by Crippen LogP contribution is 2.51. The van der Waals surface area contributed by atoms with Gasteiger partial charge in [0.1, 0.15) is 30.4 Å². The number of nitrogens with one attached hydrogen (secondary N) is 2. The van der Waals surface area contributed by atoms with Crippen molar-refractivity contribution in [3.05, 3.63) is 0 Å². The fourth-order valence-electron chi connectivity index (χ4n) is 8.99. The number of aliphatic hydroxyl groups excluding tert-OH is 6. The molecular weight excluding hydrogens is 842 g/mol. The minimum absolute atomic E-state index is 0.408. The van der Waals surface area contributed by atoms with Crippen molar-refractivity contribution >= 4 is 17.8 Å². The van der Waals surface area contributed by atoms with Crippen molar-refractivity contribution in [1.29, 1.82) is 0 Å². The predicted molar refractivity (Wildman–Crippen MR) is 230 cm³/mol. The molecule has 20 nitrogen and oxygen atoms in total. The molecule has 3 aliphatic heterocycles. The van der Waals surface area contributed by atoms with E-state index in [1.54, 1.807) is 96.9 Å². The van der Waals surface area contributed by atoms with Gasteiger partial charge in [-0.15, -0.1) is 0 Å². The van der Waals surface area contributed by atoms with E-state index in [9.17, 15) is 50.1 Å². The van der Waals surface area contributed by atoms with Gasteiger partial charge >= 0.3 is 5.97 Å². The van der Waals surface area contributed by atoms with Gasteiger partial charge in [-0.1, -0.05) is 27.7 Å². The fourth-order valence-corrected chi connectivity index (χ4v) is 8.99. The second kappa shape index (κ2) is 21.0. The van der Waals surface area contributed by atoms with Gasteiger partial charge in [0, 0.05) is 36.0 Å². The molecule has 0 aromatic rings. The van der Waals surface area contributed by atoms with Crippen molar-refractivity contribution in [2.45, 2.75) is 219 Å². The number of carboxylic acid groups (broad SMARTS) is 1. The molecule has 0 radical (unpaired) electrons. The third-order valence-electron chi connectivity index (χ3n) is 13.6. The molecule has 15 unspecified atom stereocenters. The molecule has 3 aliphatic rings. The summed E-state index contributed by atoms with van der Waals surface area (Å²) in [4.78, 5) is 36.6. The highest BCUT2D eigenvalue weighted by Gasteiger charge is 2.61. The molecule has 2 amide bonds. The van der Waals surface area contributed by atoms with Crippen LogP contribution >= 0.6 is 0 Å². The number of aliphatic hydroxyl groups is 6. The Bertz CT molecular complexity index is 1560. The second-order valence-corrected chi connectivity index (χ2v) is 21.6. The van der Waals surface area contributed by atoms with Gasteiger partial charge in [0.15, 0.2) is 18.9 Å². The molecule has 11 N–H and O–H groups in total. The molecule has 3 saturated heterocycles. The quantitative estimate of drug-likeness (QED) is 0.0883. The van der Waals surface area contributed by atoms with Crippen LogP contribution in [0, 0.1) is 22.7 Å².